The van der Waals surface area contributed by atoms with E-state index in [2.05, 4.69) is 26.0 Å². The maximum absolute atomic E-state index is 14.9. The summed E-state index contributed by atoms with van der Waals surface area (Å²) in [6, 6.07) is 9.22. The highest BCUT2D eigenvalue weighted by atomic mass is 32.1. The largest absolute Gasteiger partial charge is 0.480 e. The van der Waals surface area contributed by atoms with Gasteiger partial charge < -0.3 is 89.2 Å². The molecule has 2 aromatic carbocycles. The van der Waals surface area contributed by atoms with Gasteiger partial charge in [0.05, 0.1) is 82.9 Å². The predicted molar refractivity (Wildman–Crippen MR) is 353 cm³/mol. The summed E-state index contributed by atoms with van der Waals surface area (Å²) in [5.41, 5.74) is 9.56. The molecular formula is C66H101N9O20S. The molecule has 2 saturated heterocycles. The Morgan fingerprint density at radius 2 is 1.52 bits per heavy atom. The van der Waals surface area contributed by atoms with Crippen molar-refractivity contribution in [2.45, 2.75) is 173 Å². The topological polar surface area (TPSA) is 389 Å². The van der Waals surface area contributed by atoms with E-state index in [1.807, 2.05) is 19.9 Å². The number of aliphatic hydroxyl groups excluding tert-OH is 4. The van der Waals surface area contributed by atoms with E-state index in [-0.39, 0.29) is 75.5 Å². The van der Waals surface area contributed by atoms with Gasteiger partial charge in [-0.2, -0.15) is 0 Å². The molecule has 96 heavy (non-hydrogen) atoms. The van der Waals surface area contributed by atoms with Crippen molar-refractivity contribution in [2.75, 3.05) is 94.2 Å². The number of likely N-dealkylation sites (tertiary alicyclic amines) is 1. The van der Waals surface area contributed by atoms with Crippen molar-refractivity contribution in [3.05, 3.63) is 75.0 Å². The molecule has 8 N–H and O–H groups in total. The zero-order valence-electron chi connectivity index (χ0n) is 57.0. The number of fused-ring (bicyclic) bond motifs is 1. The van der Waals surface area contributed by atoms with Gasteiger partial charge in [-0.05, 0) is 60.2 Å². The van der Waals surface area contributed by atoms with Crippen LogP contribution in [-0.4, -0.2) is 249 Å². The summed E-state index contributed by atoms with van der Waals surface area (Å²) < 4.78 is 46.5. The molecule has 3 aromatic rings. The van der Waals surface area contributed by atoms with Crippen molar-refractivity contribution in [1.82, 2.24) is 30.7 Å². The minimum Gasteiger partial charge on any atom is -0.480 e. The zero-order chi connectivity index (χ0) is 70.8. The number of thiophene rings is 1. The molecule has 0 aliphatic carbocycles. The molecule has 0 saturated carbocycles. The van der Waals surface area contributed by atoms with E-state index < -0.39 is 127 Å². The van der Waals surface area contributed by atoms with E-state index >= 15 is 0 Å². The molecule has 30 heteroatoms. The van der Waals surface area contributed by atoms with Crippen LogP contribution in [0.1, 0.15) is 96.6 Å². The van der Waals surface area contributed by atoms with Crippen LogP contribution in [0, 0.1) is 23.7 Å². The van der Waals surface area contributed by atoms with Gasteiger partial charge in [0.2, 0.25) is 35.8 Å². The number of nitrogens with one attached hydrogen (secondary N) is 3. The Morgan fingerprint density at radius 1 is 0.844 bits per heavy atom. The van der Waals surface area contributed by atoms with Gasteiger partial charge in [-0.3, -0.25) is 28.9 Å². The molecular weight excluding hydrogens is 1270 g/mol. The number of carboxylic acids is 1. The first kappa shape index (κ1) is 79.9. The number of likely N-dealkylation sites (N-methyl/N-ethyl adjacent to an activating group) is 2. The summed E-state index contributed by atoms with van der Waals surface area (Å²) in [6.45, 7) is 14.3. The van der Waals surface area contributed by atoms with Crippen LogP contribution in [0.15, 0.2) is 53.6 Å². The Balaban J connectivity index is 1.25. The summed E-state index contributed by atoms with van der Waals surface area (Å²) in [5, 5.41) is 64.0. The second-order valence-corrected chi connectivity index (χ2v) is 26.0. The lowest BCUT2D eigenvalue weighted by Crippen LogP contribution is -2.60. The second kappa shape index (κ2) is 40.2. The predicted octanol–water partition coefficient (Wildman–Crippen LogP) is 3.96. The minimum atomic E-state index is -1.72. The van der Waals surface area contributed by atoms with Crippen LogP contribution >= 0.6 is 11.3 Å². The first-order chi connectivity index (χ1) is 45.8. The quantitative estimate of drug-likeness (QED) is 0.0172. The van der Waals surface area contributed by atoms with Gasteiger partial charge in [-0.15, -0.1) is 11.3 Å². The Labute approximate surface area is 565 Å². The van der Waals surface area contributed by atoms with Crippen LogP contribution in [0.4, 0.5) is 4.79 Å². The molecule has 6 amide bonds. The fraction of sp³-hybridized carbons (Fsp3) is 0.682. The van der Waals surface area contributed by atoms with E-state index in [4.69, 9.17) is 43.4 Å². The maximum atomic E-state index is 14.9. The van der Waals surface area contributed by atoms with Crippen molar-refractivity contribution in [3.8, 4) is 5.75 Å². The average Bonchev–Trinajstić information content (AvgIpc) is 1.52. The van der Waals surface area contributed by atoms with Crippen LogP contribution < -0.4 is 20.7 Å². The lowest BCUT2D eigenvalue weighted by atomic mass is 9.89. The summed E-state index contributed by atoms with van der Waals surface area (Å²) in [6.07, 6.45) is -8.32. The lowest BCUT2D eigenvalue weighted by molar-refractivity contribution is -0.277. The van der Waals surface area contributed by atoms with Gasteiger partial charge in [0, 0.05) is 86.2 Å². The summed E-state index contributed by atoms with van der Waals surface area (Å²) in [4.78, 5) is 105. The number of aryl methyl sites for hydroxylation is 1. The van der Waals surface area contributed by atoms with E-state index in [1.54, 1.807) is 83.0 Å². The second-order valence-electron chi connectivity index (χ2n) is 24.9. The normalized spacial score (nSPS) is 20.4. The molecule has 536 valence electrons. The number of carboxylic acid groups (broad SMARTS) is 1. The highest BCUT2D eigenvalue weighted by Crippen LogP contribution is 2.39. The number of hydrogen-bond acceptors (Lipinski definition) is 21. The highest BCUT2D eigenvalue weighted by Gasteiger charge is 2.46. The number of carbonyl (C=O) groups excluding carboxylic acids is 6. The van der Waals surface area contributed by atoms with Crippen molar-refractivity contribution in [1.29, 1.82) is 0 Å². The first-order valence-electron chi connectivity index (χ1n) is 32.7. The van der Waals surface area contributed by atoms with E-state index in [0.717, 1.165) is 15.3 Å². The highest BCUT2D eigenvalue weighted by molar-refractivity contribution is 7.19. The summed E-state index contributed by atoms with van der Waals surface area (Å²) in [5.74, 6) is -5.21. The van der Waals surface area contributed by atoms with Crippen LogP contribution in [0.5, 0.6) is 5.75 Å². The van der Waals surface area contributed by atoms with E-state index in [1.165, 1.54) is 43.6 Å². The number of aliphatic hydroxyl groups is 4. The molecule has 1 aromatic heterocycles. The van der Waals surface area contributed by atoms with Crippen LogP contribution in [-0.2, 0) is 81.4 Å². The average molecular weight is 1370 g/mol. The number of aliphatic carboxylic acids is 1. The number of ether oxygens (including phenoxy) is 8. The third-order valence-electron chi connectivity index (χ3n) is 17.5. The molecule has 2 fully saturated rings. The summed E-state index contributed by atoms with van der Waals surface area (Å²) >= 11 is 1.29. The van der Waals surface area contributed by atoms with Gasteiger partial charge >= 0.3 is 12.1 Å². The summed E-state index contributed by atoms with van der Waals surface area (Å²) in [7, 11) is 5.95. The molecule has 2 aliphatic rings. The number of hydrogen-bond donors (Lipinski definition) is 8. The van der Waals surface area contributed by atoms with E-state index in [9.17, 15) is 59.1 Å². The molecule has 5 rings (SSSR count). The Hall–Kier alpha value is -6.80. The number of nitrogens with zero attached hydrogens (tertiary/aromatic N) is 6. The first-order valence-corrected chi connectivity index (χ1v) is 33.6. The van der Waals surface area contributed by atoms with Gasteiger partial charge in [-0.1, -0.05) is 96.4 Å². The number of azide groups is 1. The van der Waals surface area contributed by atoms with Crippen LogP contribution in [0.25, 0.3) is 20.5 Å². The molecule has 3 heterocycles. The Bertz CT molecular complexity index is 3010. The number of methoxy groups -OCH3 is 2. The van der Waals surface area contributed by atoms with Crippen molar-refractivity contribution in [3.63, 3.8) is 0 Å². The SMILES string of the molecule is CCC(C)[C@@H]([C@@H](CC(=O)N1CCC[C@H]1[C@H](OC)[C@@H](C)C(=O)NC(Cc1ccccc1)C(=O)O)OC)N(C)C(=O)[C@@H](NC(=O)[C@H](C(C)C)N(C)C(=O)OCc1ccc(O[C@@H]2O[C@H](CO)[C@H](O)[C@H](O)[C@H]2O)c2cc(CCC(=O)NCCOCCOCCOCCN=[N+]=[N-])sc12)C(C)C. The minimum absolute atomic E-state index is 0.0716. The zero-order valence-corrected chi connectivity index (χ0v) is 57.9. The molecule has 2 aliphatic heterocycles. The van der Waals surface area contributed by atoms with Gasteiger partial charge in [0.25, 0.3) is 0 Å². The van der Waals surface area contributed by atoms with Crippen LogP contribution in [0.3, 0.4) is 0 Å². The third kappa shape index (κ3) is 22.6. The van der Waals surface area contributed by atoms with Crippen LogP contribution in [0.2, 0.25) is 0 Å². The Morgan fingerprint density at radius 3 is 2.14 bits per heavy atom. The third-order valence-corrected chi connectivity index (χ3v) is 18.8. The molecule has 2 unspecified atom stereocenters. The fourth-order valence-electron chi connectivity index (χ4n) is 12.0. The smallest absolute Gasteiger partial charge is 0.410 e. The maximum Gasteiger partial charge on any atom is 0.410 e. The van der Waals surface area contributed by atoms with Crippen molar-refractivity contribution < 1.29 is 97.0 Å². The molecule has 0 bridgehead atoms. The molecule has 0 spiro atoms. The number of rotatable bonds is 41. The van der Waals surface area contributed by atoms with Gasteiger partial charge in [0.15, 0.2) is 0 Å². The lowest BCUT2D eigenvalue weighted by Gasteiger charge is -2.41. The number of carbonyl (C=O) groups is 7. The number of amides is 6. The molecule has 29 nitrogen and oxygen atoms in total. The van der Waals surface area contributed by atoms with Gasteiger partial charge in [0.1, 0.15) is 54.9 Å². The van der Waals surface area contributed by atoms with E-state index in [0.29, 0.717) is 74.5 Å². The molecule has 14 atom stereocenters. The van der Waals surface area contributed by atoms with Crippen molar-refractivity contribution >= 4 is 63.0 Å². The fourth-order valence-corrected chi connectivity index (χ4v) is 13.2. The molecule has 0 radical (unpaired) electrons. The van der Waals surface area contributed by atoms with Gasteiger partial charge in [-0.25, -0.2) is 9.59 Å². The van der Waals surface area contributed by atoms with Crippen molar-refractivity contribution in [2.24, 2.45) is 28.8 Å². The monoisotopic (exact) mass is 1370 g/mol. The standard InChI is InChI=1S/C66H101N9O20S/c1-12-40(6)55(49(88-10)35-52(78)75-26-16-19-47(75)59(89-11)41(7)61(82)70-46(64(85)86)33-42-17-14-13-15-18-42)73(8)63(84)53(38(2)3)71-62(83)54(39(4)5)74(9)66(87)93-37-43-20-22-48(94-65-58(81)57(80)56(79)50(36-76)95-65)45-34-44(96-60(43)45)21-23-51(77)68-24-27-90-29-31-92-32-30-91-28-25-69-72-67/h13-15,17-18,20,22,34,38-41,46-47,49-50,53-59,65,76,79-81H,12,16,19,21,23-33,35-37H2,1-11H3,(H,68,77)(H,70,82)(H,71,83)(H,85,86)/t40?,41-,46?,47+,49-,50-,53+,54+,55+,56+,57+,58-,59-,65-/m1/s1. The number of benzene rings is 2. The Kier molecular flexibility index (Phi) is 33.4.